The molecule has 0 spiro atoms. The quantitative estimate of drug-likeness (QED) is 0.517. The smallest absolute Gasteiger partial charge is 0.319 e. The van der Waals surface area contributed by atoms with E-state index in [1.807, 2.05) is 6.92 Å². The number of urea groups is 1. The summed E-state index contributed by atoms with van der Waals surface area (Å²) in [4.78, 5) is 14.7. The van der Waals surface area contributed by atoms with Gasteiger partial charge in [-0.25, -0.2) is 4.79 Å². The van der Waals surface area contributed by atoms with Crippen molar-refractivity contribution in [3.8, 4) is 0 Å². The van der Waals surface area contributed by atoms with E-state index in [1.165, 1.54) is 18.4 Å². The molecule has 0 unspecified atom stereocenters. The van der Waals surface area contributed by atoms with Crippen LogP contribution in [0.25, 0.3) is 5.57 Å². The van der Waals surface area contributed by atoms with E-state index < -0.39 is 0 Å². The number of anilines is 1. The van der Waals surface area contributed by atoms with E-state index >= 15 is 0 Å². The fourth-order valence-corrected chi connectivity index (χ4v) is 3.06. The van der Waals surface area contributed by atoms with Gasteiger partial charge in [0.15, 0.2) is 0 Å². The summed E-state index contributed by atoms with van der Waals surface area (Å²) in [6.07, 6.45) is 6.54. The van der Waals surface area contributed by atoms with Crippen molar-refractivity contribution in [1.82, 2.24) is 10.2 Å². The second kappa shape index (κ2) is 12.5. The van der Waals surface area contributed by atoms with E-state index in [1.54, 1.807) is 0 Å². The lowest BCUT2D eigenvalue weighted by Gasteiger charge is -2.20. The van der Waals surface area contributed by atoms with Crippen molar-refractivity contribution in [3.05, 3.63) is 35.4 Å². The number of hydrogen-bond acceptors (Lipinski definition) is 2. The van der Waals surface area contributed by atoms with Crippen LogP contribution in [-0.4, -0.2) is 37.1 Å². The first-order valence-corrected chi connectivity index (χ1v) is 10.1. The molecule has 0 atom stereocenters. The Morgan fingerprint density at radius 2 is 1.81 bits per heavy atom. The number of amides is 2. The summed E-state index contributed by atoms with van der Waals surface area (Å²) in [6, 6.07) is 6.10. The second-order valence-corrected chi connectivity index (χ2v) is 6.90. The number of nitrogens with zero attached hydrogens (tertiary/aromatic N) is 1. The highest BCUT2D eigenvalue weighted by atomic mass is 16.2. The molecule has 0 radical (unpaired) electrons. The van der Waals surface area contributed by atoms with E-state index in [9.17, 15) is 4.79 Å². The van der Waals surface area contributed by atoms with E-state index in [4.69, 9.17) is 0 Å². The SMILES string of the molecule is CC/C=C(\C)c1ccc(C)c(NC(=O)NCCCN(CCC)CCC)c1. The Bertz CT molecular complexity index is 575. The Hall–Kier alpha value is -1.81. The van der Waals surface area contributed by atoms with E-state index in [0.717, 1.165) is 49.3 Å². The lowest BCUT2D eigenvalue weighted by molar-refractivity contribution is 0.248. The normalized spacial score (nSPS) is 11.7. The predicted octanol–water partition coefficient (Wildman–Crippen LogP) is 5.44. The molecule has 2 N–H and O–H groups in total. The molecule has 4 heteroatoms. The number of aryl methyl sites for hydroxylation is 1. The minimum atomic E-state index is -0.125. The van der Waals surface area contributed by atoms with Crippen molar-refractivity contribution in [2.75, 3.05) is 31.5 Å². The van der Waals surface area contributed by atoms with Gasteiger partial charge in [0.05, 0.1) is 0 Å². The summed E-state index contributed by atoms with van der Waals surface area (Å²) >= 11 is 0. The summed E-state index contributed by atoms with van der Waals surface area (Å²) < 4.78 is 0. The first kappa shape index (κ1) is 22.2. The van der Waals surface area contributed by atoms with Crippen molar-refractivity contribution < 1.29 is 4.79 Å². The third kappa shape index (κ3) is 8.05. The van der Waals surface area contributed by atoms with Crippen LogP contribution in [0.2, 0.25) is 0 Å². The average Bonchev–Trinajstić information content (AvgIpc) is 2.61. The van der Waals surface area contributed by atoms with Gasteiger partial charge in [0.2, 0.25) is 0 Å². The minimum absolute atomic E-state index is 0.125. The fraction of sp³-hybridized carbons (Fsp3) is 0.591. The zero-order valence-electron chi connectivity index (χ0n) is 17.3. The van der Waals surface area contributed by atoms with Crippen molar-refractivity contribution in [1.29, 1.82) is 0 Å². The Morgan fingerprint density at radius 3 is 2.42 bits per heavy atom. The summed E-state index contributed by atoms with van der Waals surface area (Å²) in [5, 5.41) is 5.98. The number of rotatable bonds is 11. The number of benzene rings is 1. The third-order valence-corrected chi connectivity index (χ3v) is 4.47. The Labute approximate surface area is 160 Å². The maximum absolute atomic E-state index is 12.2. The molecule has 1 rings (SSSR count). The molecule has 4 nitrogen and oxygen atoms in total. The standard InChI is InChI=1S/C22H37N3O/c1-6-10-18(4)20-12-11-19(5)21(17-20)24-22(26)23-13-9-16-25(14-7-2)15-8-3/h10-12,17H,6-9,13-16H2,1-5H3,(H2,23,24,26)/b18-10+. The Balaban J connectivity index is 2.50. The zero-order valence-corrected chi connectivity index (χ0v) is 17.3. The predicted molar refractivity (Wildman–Crippen MR) is 114 cm³/mol. The zero-order chi connectivity index (χ0) is 19.4. The maximum Gasteiger partial charge on any atom is 0.319 e. The molecule has 0 saturated carbocycles. The first-order chi connectivity index (χ1) is 12.5. The molecule has 146 valence electrons. The molecule has 2 amide bonds. The van der Waals surface area contributed by atoms with Crippen LogP contribution in [0.4, 0.5) is 10.5 Å². The molecule has 0 aromatic heterocycles. The molecule has 26 heavy (non-hydrogen) atoms. The molecule has 1 aromatic carbocycles. The van der Waals surface area contributed by atoms with Crippen LogP contribution in [-0.2, 0) is 0 Å². The fourth-order valence-electron chi connectivity index (χ4n) is 3.06. The van der Waals surface area contributed by atoms with Crippen LogP contribution in [0.15, 0.2) is 24.3 Å². The molecule has 0 fully saturated rings. The number of nitrogens with one attached hydrogen (secondary N) is 2. The lowest BCUT2D eigenvalue weighted by Crippen LogP contribution is -2.33. The van der Waals surface area contributed by atoms with Gasteiger partial charge in [-0.05, 0) is 81.9 Å². The second-order valence-electron chi connectivity index (χ2n) is 6.90. The van der Waals surface area contributed by atoms with Gasteiger partial charge in [-0.2, -0.15) is 0 Å². The molecule has 0 heterocycles. The minimum Gasteiger partial charge on any atom is -0.338 e. The van der Waals surface area contributed by atoms with Crippen molar-refractivity contribution in [2.45, 2.75) is 60.3 Å². The first-order valence-electron chi connectivity index (χ1n) is 10.1. The Morgan fingerprint density at radius 1 is 1.12 bits per heavy atom. The molecule has 0 aliphatic rings. The summed E-state index contributed by atoms with van der Waals surface area (Å²) in [5.74, 6) is 0. The van der Waals surface area contributed by atoms with E-state index in [0.29, 0.717) is 6.54 Å². The monoisotopic (exact) mass is 359 g/mol. The van der Waals surface area contributed by atoms with Crippen LogP contribution >= 0.6 is 0 Å². The van der Waals surface area contributed by atoms with Gasteiger partial charge in [-0.3, -0.25) is 0 Å². The summed E-state index contributed by atoms with van der Waals surface area (Å²) in [6.45, 7) is 14.7. The van der Waals surface area contributed by atoms with Gasteiger partial charge >= 0.3 is 6.03 Å². The molecule has 0 saturated heterocycles. The van der Waals surface area contributed by atoms with Crippen LogP contribution in [0.1, 0.15) is 64.5 Å². The largest absolute Gasteiger partial charge is 0.338 e. The van der Waals surface area contributed by atoms with E-state index in [2.05, 4.69) is 67.5 Å². The van der Waals surface area contributed by atoms with Gasteiger partial charge in [-0.1, -0.05) is 39.0 Å². The van der Waals surface area contributed by atoms with Gasteiger partial charge in [0.25, 0.3) is 0 Å². The highest BCUT2D eigenvalue weighted by Crippen LogP contribution is 2.22. The van der Waals surface area contributed by atoms with Crippen LogP contribution < -0.4 is 10.6 Å². The van der Waals surface area contributed by atoms with Crippen molar-refractivity contribution in [2.24, 2.45) is 0 Å². The van der Waals surface area contributed by atoms with Gasteiger partial charge in [0, 0.05) is 12.2 Å². The molecule has 1 aromatic rings. The van der Waals surface area contributed by atoms with Gasteiger partial charge in [-0.15, -0.1) is 0 Å². The number of carbonyl (C=O) groups excluding carboxylic acids is 1. The maximum atomic E-state index is 12.2. The summed E-state index contributed by atoms with van der Waals surface area (Å²) in [5.41, 5.74) is 4.35. The highest BCUT2D eigenvalue weighted by Gasteiger charge is 2.07. The highest BCUT2D eigenvalue weighted by molar-refractivity contribution is 5.90. The van der Waals surface area contributed by atoms with Crippen molar-refractivity contribution in [3.63, 3.8) is 0 Å². The average molecular weight is 360 g/mol. The molecular weight excluding hydrogens is 322 g/mol. The summed E-state index contributed by atoms with van der Waals surface area (Å²) in [7, 11) is 0. The number of carbonyl (C=O) groups is 1. The molecule has 0 aliphatic heterocycles. The Kier molecular flexibility index (Phi) is 10.7. The number of allylic oxidation sites excluding steroid dienone is 2. The topological polar surface area (TPSA) is 44.4 Å². The number of hydrogen-bond donors (Lipinski definition) is 2. The van der Waals surface area contributed by atoms with Gasteiger partial charge < -0.3 is 15.5 Å². The van der Waals surface area contributed by atoms with Gasteiger partial charge in [0.1, 0.15) is 0 Å². The van der Waals surface area contributed by atoms with Crippen LogP contribution in [0.5, 0.6) is 0 Å². The van der Waals surface area contributed by atoms with E-state index in [-0.39, 0.29) is 6.03 Å². The molecular formula is C22H37N3O. The van der Waals surface area contributed by atoms with Crippen LogP contribution in [0, 0.1) is 6.92 Å². The lowest BCUT2D eigenvalue weighted by atomic mass is 10.0. The third-order valence-electron chi connectivity index (χ3n) is 4.47. The van der Waals surface area contributed by atoms with Crippen molar-refractivity contribution >= 4 is 17.3 Å². The molecule has 0 aliphatic carbocycles. The molecule has 0 bridgehead atoms. The van der Waals surface area contributed by atoms with Crippen LogP contribution in [0.3, 0.4) is 0 Å².